The molecule has 1 aliphatic carbocycles. The van der Waals surface area contributed by atoms with Crippen LogP contribution in [0.3, 0.4) is 0 Å². The predicted molar refractivity (Wildman–Crippen MR) is 166 cm³/mol. The Hall–Kier alpha value is -3.06. The number of nitrogens with two attached hydrogens (primary N) is 1. The molecule has 0 amide bonds. The van der Waals surface area contributed by atoms with Gasteiger partial charge in [-0.1, -0.05) is 39.0 Å². The number of ether oxygens (including phenoxy) is 2. The molecule has 1 unspecified atom stereocenters. The van der Waals surface area contributed by atoms with Gasteiger partial charge < -0.3 is 29.9 Å². The molecule has 1 saturated carbocycles. The second kappa shape index (κ2) is 12.6. The molecule has 1 aliphatic heterocycles. The number of nitrogens with zero attached hydrogens (tertiary/aromatic N) is 3. The lowest BCUT2D eigenvalue weighted by Crippen LogP contribution is -2.50. The van der Waals surface area contributed by atoms with E-state index in [9.17, 15) is 19.6 Å². The zero-order valence-electron chi connectivity index (χ0n) is 26.4. The van der Waals surface area contributed by atoms with Gasteiger partial charge in [-0.25, -0.2) is 14.1 Å². The molecule has 0 spiro atoms. The highest BCUT2D eigenvalue weighted by atomic mass is 31.2. The molecule has 3 aromatic rings. The van der Waals surface area contributed by atoms with Gasteiger partial charge in [-0.2, -0.15) is 10.2 Å². The summed E-state index contributed by atoms with van der Waals surface area (Å²) in [7, 11) is -4.27. The van der Waals surface area contributed by atoms with Crippen molar-refractivity contribution >= 4 is 25.1 Å². The maximum Gasteiger partial charge on any atom is 0.459 e. The smallest absolute Gasteiger partial charge is 0.459 e. The van der Waals surface area contributed by atoms with Crippen LogP contribution in [0.5, 0.6) is 5.75 Å². The minimum Gasteiger partial charge on any atom is -0.461 e. The molecule has 2 fully saturated rings. The van der Waals surface area contributed by atoms with Crippen molar-refractivity contribution in [2.75, 3.05) is 18.9 Å². The van der Waals surface area contributed by atoms with E-state index in [0.29, 0.717) is 11.4 Å². The van der Waals surface area contributed by atoms with Gasteiger partial charge in [-0.3, -0.25) is 9.32 Å². The van der Waals surface area contributed by atoms with Crippen molar-refractivity contribution in [3.05, 3.63) is 54.5 Å². The average Bonchev–Trinajstić information content (AvgIpc) is 3.54. The van der Waals surface area contributed by atoms with Crippen LogP contribution in [0.25, 0.3) is 5.52 Å². The number of carbonyl (C=O) groups excluding carboxylic acids is 1. The van der Waals surface area contributed by atoms with Crippen LogP contribution in [0.1, 0.15) is 66.0 Å². The first kappa shape index (κ1) is 33.3. The zero-order valence-corrected chi connectivity index (χ0v) is 27.3. The molecule has 0 radical (unpaired) electrons. The first-order valence-electron chi connectivity index (χ1n) is 15.2. The number of esters is 1. The molecule has 0 bridgehead atoms. The summed E-state index contributed by atoms with van der Waals surface area (Å²) < 4.78 is 38.8. The fourth-order valence-electron chi connectivity index (χ4n) is 6.08. The normalized spacial score (nSPS) is 29.3. The molecule has 5 N–H and O–H groups in total. The number of aliphatic hydroxyl groups excluding tert-OH is 1. The Kier molecular flexibility index (Phi) is 9.34. The van der Waals surface area contributed by atoms with Gasteiger partial charge >= 0.3 is 13.7 Å². The fraction of sp³-hybridized carbons (Fsp3) is 0.581. The van der Waals surface area contributed by atoms with Crippen LogP contribution < -0.4 is 15.3 Å². The van der Waals surface area contributed by atoms with E-state index in [4.69, 9.17) is 24.3 Å². The first-order valence-corrected chi connectivity index (χ1v) is 16.8. The van der Waals surface area contributed by atoms with E-state index in [-0.39, 0.29) is 35.4 Å². The van der Waals surface area contributed by atoms with E-state index in [0.717, 1.165) is 25.7 Å². The Morgan fingerprint density at radius 3 is 2.56 bits per heavy atom. The molecule has 1 saturated heterocycles. The second-order valence-corrected chi connectivity index (χ2v) is 15.1. The molecule has 1 aromatic carbocycles. The summed E-state index contributed by atoms with van der Waals surface area (Å²) in [6, 6.07) is 10.5. The van der Waals surface area contributed by atoms with Gasteiger partial charge in [0.25, 0.3) is 0 Å². The third-order valence-electron chi connectivity index (χ3n) is 8.96. The van der Waals surface area contributed by atoms with Crippen molar-refractivity contribution in [3.8, 4) is 5.75 Å². The number of aliphatic hydroxyl groups is 2. The van der Waals surface area contributed by atoms with Crippen molar-refractivity contribution < 1.29 is 38.1 Å². The monoisotopic (exact) mass is 645 g/mol. The number of anilines is 1. The zero-order chi connectivity index (χ0) is 32.6. The van der Waals surface area contributed by atoms with E-state index in [2.05, 4.69) is 35.9 Å². The molecule has 3 heterocycles. The van der Waals surface area contributed by atoms with Crippen molar-refractivity contribution in [3.63, 3.8) is 0 Å². The van der Waals surface area contributed by atoms with E-state index < -0.39 is 43.7 Å². The van der Waals surface area contributed by atoms with E-state index in [1.165, 1.54) is 24.7 Å². The van der Waals surface area contributed by atoms with Gasteiger partial charge in [-0.15, -0.1) is 0 Å². The number of fused-ring (bicyclic) bond motifs is 1. The molecule has 13 nitrogen and oxygen atoms in total. The number of hydrogen-bond acceptors (Lipinski definition) is 11. The molecule has 5 atom stereocenters. The predicted octanol–water partition coefficient (Wildman–Crippen LogP) is 3.98. The van der Waals surface area contributed by atoms with Crippen molar-refractivity contribution in [2.45, 2.75) is 89.8 Å². The topological polar surface area (TPSA) is 180 Å². The third-order valence-corrected chi connectivity index (χ3v) is 10.6. The van der Waals surface area contributed by atoms with E-state index in [1.807, 2.05) is 0 Å². The van der Waals surface area contributed by atoms with Crippen molar-refractivity contribution in [1.29, 1.82) is 0 Å². The third kappa shape index (κ3) is 7.03. The van der Waals surface area contributed by atoms with Crippen LogP contribution in [0.15, 0.2) is 48.8 Å². The van der Waals surface area contributed by atoms with Crippen LogP contribution in [-0.4, -0.2) is 67.8 Å². The van der Waals surface area contributed by atoms with Crippen LogP contribution in [0, 0.1) is 11.3 Å². The summed E-state index contributed by atoms with van der Waals surface area (Å²) >= 11 is 0. The van der Waals surface area contributed by atoms with Gasteiger partial charge in [0.15, 0.2) is 11.4 Å². The van der Waals surface area contributed by atoms with Gasteiger partial charge in [0.05, 0.1) is 18.9 Å². The van der Waals surface area contributed by atoms with E-state index in [1.54, 1.807) is 42.5 Å². The second-order valence-electron chi connectivity index (χ2n) is 13.4. The molecule has 2 aromatic heterocycles. The Morgan fingerprint density at radius 2 is 1.89 bits per heavy atom. The number of aromatic nitrogens is 3. The minimum atomic E-state index is -4.27. The molecule has 2 aliphatic rings. The Labute approximate surface area is 263 Å². The largest absolute Gasteiger partial charge is 0.461 e. The summed E-state index contributed by atoms with van der Waals surface area (Å²) in [5.41, 5.74) is 3.37. The number of benzene rings is 1. The lowest BCUT2D eigenvalue weighted by molar-refractivity contribution is -0.153. The number of nitrogen functional groups attached to an aromatic ring is 1. The van der Waals surface area contributed by atoms with Gasteiger partial charge in [0.1, 0.15) is 41.4 Å². The number of nitrogens with one attached hydrogen (secondary N) is 1. The van der Waals surface area contributed by atoms with Crippen LogP contribution in [0.2, 0.25) is 0 Å². The highest BCUT2D eigenvalue weighted by Crippen LogP contribution is 2.48. The Morgan fingerprint density at radius 1 is 1.20 bits per heavy atom. The minimum absolute atomic E-state index is 0.198. The highest BCUT2D eigenvalue weighted by Gasteiger charge is 2.58. The number of carbonyl (C=O) groups is 1. The quantitative estimate of drug-likeness (QED) is 0.184. The van der Waals surface area contributed by atoms with Crippen LogP contribution in [0.4, 0.5) is 5.82 Å². The lowest BCUT2D eigenvalue weighted by Gasteiger charge is -2.37. The molecule has 45 heavy (non-hydrogen) atoms. The van der Waals surface area contributed by atoms with Gasteiger partial charge in [0, 0.05) is 0 Å². The molecular formula is C31H44N5O8P. The SMILES string of the molecule is C[C@H](NP(=O)(OC[C@@]1(C)OC[C@@](O)(c2ccc3c(N)ncnn23)[C@@H]1O)Oc1ccccc1)C(=O)OC1CCC(C(C)(C)C)CC1. The van der Waals surface area contributed by atoms with Crippen molar-refractivity contribution in [1.82, 2.24) is 19.7 Å². The average molecular weight is 646 g/mol. The molecule has 246 valence electrons. The van der Waals surface area contributed by atoms with Crippen molar-refractivity contribution in [2.24, 2.45) is 11.3 Å². The highest BCUT2D eigenvalue weighted by molar-refractivity contribution is 7.52. The maximum atomic E-state index is 14.2. The first-order chi connectivity index (χ1) is 21.1. The van der Waals surface area contributed by atoms with E-state index >= 15 is 0 Å². The molecule has 14 heteroatoms. The fourth-order valence-corrected chi connectivity index (χ4v) is 7.66. The lowest BCUT2D eigenvalue weighted by atomic mass is 9.72. The van der Waals surface area contributed by atoms with Gasteiger partial charge in [-0.05, 0) is 75.1 Å². The summed E-state index contributed by atoms with van der Waals surface area (Å²) in [4.78, 5) is 17.1. The summed E-state index contributed by atoms with van der Waals surface area (Å²) in [6.45, 7) is 8.95. The number of hydrogen-bond donors (Lipinski definition) is 4. The van der Waals surface area contributed by atoms with Crippen LogP contribution in [-0.2, 0) is 29.0 Å². The number of rotatable bonds is 10. The maximum absolute atomic E-state index is 14.2. The Balaban J connectivity index is 1.28. The molecule has 5 rings (SSSR count). The standard InChI is InChI=1S/C31H44N5O8P/c1-20(27(37)43-22-13-11-21(12-14-22)29(2,3)4)35-45(40,44-23-9-7-6-8-10-23)42-17-30(5)28(38)31(39,18-41-30)25-16-15-24-26(32)33-19-34-36(24)25/h6-10,15-16,19-22,28,38-39H,11-14,17-18H2,1-5H3,(H,35,40)(H2,32,33,34)/t20-,21?,22?,28+,30+,31+,45?/m0/s1. The summed E-state index contributed by atoms with van der Waals surface area (Å²) in [5, 5.41) is 29.9. The Bertz CT molecular complexity index is 1540. The summed E-state index contributed by atoms with van der Waals surface area (Å²) in [5.74, 6) is 0.426. The molecular weight excluding hydrogens is 601 g/mol. The van der Waals surface area contributed by atoms with Crippen LogP contribution >= 0.6 is 7.75 Å². The van der Waals surface area contributed by atoms with Gasteiger partial charge in [0.2, 0.25) is 0 Å². The number of para-hydroxylation sites is 1. The summed E-state index contributed by atoms with van der Waals surface area (Å²) in [6.07, 6.45) is 2.94.